The molecule has 1 aliphatic carbocycles. The van der Waals surface area contributed by atoms with E-state index in [0.717, 1.165) is 66.2 Å². The van der Waals surface area contributed by atoms with Gasteiger partial charge < -0.3 is 16.0 Å². The van der Waals surface area contributed by atoms with E-state index in [9.17, 15) is 0 Å². The maximum Gasteiger partial charge on any atom is 0.116 e. The van der Waals surface area contributed by atoms with Gasteiger partial charge in [0.15, 0.2) is 0 Å². The monoisotopic (exact) mass is 472 g/mol. The second kappa shape index (κ2) is 9.53. The summed E-state index contributed by atoms with van der Waals surface area (Å²) in [7, 11) is 4.14. The first-order valence-electron chi connectivity index (χ1n) is 12.5. The van der Waals surface area contributed by atoms with E-state index in [1.165, 1.54) is 5.57 Å². The van der Waals surface area contributed by atoms with E-state index in [2.05, 4.69) is 87.5 Å². The standard InChI is InChI=1S/C27H36N8/c1-5-19-15-27(2,35-10-8-33(3)9-11-35)26(28)14-24(19)29-17-22-13-23(31-18-30-22)20-6-7-25-21(12-20)16-32-34(25)4/h6-7,12-16,18,26,29H,5,8-11,17,28H2,1-4H3. The summed E-state index contributed by atoms with van der Waals surface area (Å²) >= 11 is 0. The minimum absolute atomic E-state index is 0.0733. The fourth-order valence-corrected chi connectivity index (χ4v) is 5.20. The van der Waals surface area contributed by atoms with Crippen LogP contribution in [0.15, 0.2) is 60.2 Å². The minimum atomic E-state index is -0.162. The number of benzene rings is 1. The molecule has 2 atom stereocenters. The van der Waals surface area contributed by atoms with E-state index in [-0.39, 0.29) is 11.6 Å². The highest BCUT2D eigenvalue weighted by Gasteiger charge is 2.39. The second-order valence-corrected chi connectivity index (χ2v) is 9.94. The van der Waals surface area contributed by atoms with Gasteiger partial charge in [0.25, 0.3) is 0 Å². The van der Waals surface area contributed by atoms with E-state index in [4.69, 9.17) is 5.73 Å². The van der Waals surface area contributed by atoms with Gasteiger partial charge in [0.2, 0.25) is 0 Å². The zero-order valence-corrected chi connectivity index (χ0v) is 21.2. The van der Waals surface area contributed by atoms with Crippen LogP contribution in [0.2, 0.25) is 0 Å². The summed E-state index contributed by atoms with van der Waals surface area (Å²) in [5.74, 6) is 0. The van der Waals surface area contributed by atoms with Gasteiger partial charge >= 0.3 is 0 Å². The number of hydrogen-bond donors (Lipinski definition) is 2. The van der Waals surface area contributed by atoms with Crippen molar-refractivity contribution >= 4 is 10.9 Å². The van der Waals surface area contributed by atoms with Crippen LogP contribution in [0.3, 0.4) is 0 Å². The Morgan fingerprint density at radius 1 is 1.11 bits per heavy atom. The molecule has 3 heterocycles. The number of rotatable bonds is 6. The Balaban J connectivity index is 1.31. The van der Waals surface area contributed by atoms with Gasteiger partial charge in [-0.05, 0) is 50.2 Å². The average molecular weight is 473 g/mol. The third kappa shape index (κ3) is 4.61. The quantitative estimate of drug-likeness (QED) is 0.570. The normalized spacial score (nSPS) is 23.9. The summed E-state index contributed by atoms with van der Waals surface area (Å²) in [5.41, 5.74) is 13.0. The summed E-state index contributed by atoms with van der Waals surface area (Å²) in [6.45, 7) is 9.35. The van der Waals surface area contributed by atoms with E-state index in [1.807, 2.05) is 17.9 Å². The highest BCUT2D eigenvalue weighted by atomic mass is 15.3. The number of likely N-dealkylation sites (N-methyl/N-ethyl adjacent to an activating group) is 1. The van der Waals surface area contributed by atoms with E-state index < -0.39 is 0 Å². The number of nitrogens with zero attached hydrogens (tertiary/aromatic N) is 6. The van der Waals surface area contributed by atoms with Gasteiger partial charge in [-0.2, -0.15) is 5.10 Å². The zero-order chi connectivity index (χ0) is 24.6. The number of aryl methyl sites for hydroxylation is 1. The molecule has 2 aliphatic rings. The van der Waals surface area contributed by atoms with Crippen LogP contribution in [-0.4, -0.2) is 74.4 Å². The molecule has 2 aromatic heterocycles. The number of aromatic nitrogens is 4. The Morgan fingerprint density at radius 3 is 2.69 bits per heavy atom. The molecule has 5 rings (SSSR count). The molecule has 1 aliphatic heterocycles. The maximum absolute atomic E-state index is 6.75. The van der Waals surface area contributed by atoms with Crippen LogP contribution in [0, 0.1) is 0 Å². The summed E-state index contributed by atoms with van der Waals surface area (Å²) in [6.07, 6.45) is 9.07. The molecule has 3 N–H and O–H groups in total. The molecule has 0 spiro atoms. The molecular formula is C27H36N8. The second-order valence-electron chi connectivity index (χ2n) is 9.94. The van der Waals surface area contributed by atoms with Crippen LogP contribution in [0.25, 0.3) is 22.2 Å². The Labute approximate surface area is 207 Å². The minimum Gasteiger partial charge on any atom is -0.379 e. The molecule has 8 nitrogen and oxygen atoms in total. The van der Waals surface area contributed by atoms with Crippen molar-refractivity contribution in [1.82, 2.24) is 34.9 Å². The lowest BCUT2D eigenvalue weighted by molar-refractivity contribution is 0.0703. The van der Waals surface area contributed by atoms with Gasteiger partial charge in [-0.3, -0.25) is 9.58 Å². The number of allylic oxidation sites excluding steroid dienone is 1. The molecule has 0 amide bonds. The molecule has 0 radical (unpaired) electrons. The maximum atomic E-state index is 6.75. The fraction of sp³-hybridized carbons (Fsp3) is 0.444. The van der Waals surface area contributed by atoms with Gasteiger partial charge in [-0.15, -0.1) is 0 Å². The fourth-order valence-electron chi connectivity index (χ4n) is 5.20. The van der Waals surface area contributed by atoms with Gasteiger partial charge in [-0.1, -0.05) is 19.1 Å². The third-order valence-electron chi connectivity index (χ3n) is 7.62. The highest BCUT2D eigenvalue weighted by molar-refractivity contribution is 5.83. The molecule has 0 saturated carbocycles. The third-order valence-corrected chi connectivity index (χ3v) is 7.62. The summed E-state index contributed by atoms with van der Waals surface area (Å²) in [6, 6.07) is 8.28. The van der Waals surface area contributed by atoms with Crippen molar-refractivity contribution in [3.8, 4) is 11.3 Å². The van der Waals surface area contributed by atoms with Crippen LogP contribution in [0.4, 0.5) is 0 Å². The number of fused-ring (bicyclic) bond motifs is 1. The topological polar surface area (TPSA) is 88.1 Å². The molecule has 1 aromatic carbocycles. The van der Waals surface area contributed by atoms with Crippen molar-refractivity contribution in [2.24, 2.45) is 12.8 Å². The first-order chi connectivity index (χ1) is 16.9. The molecule has 1 fully saturated rings. The molecule has 3 aromatic rings. The molecular weight excluding hydrogens is 436 g/mol. The Bertz CT molecular complexity index is 1270. The highest BCUT2D eigenvalue weighted by Crippen LogP contribution is 2.32. The summed E-state index contributed by atoms with van der Waals surface area (Å²) < 4.78 is 1.88. The van der Waals surface area contributed by atoms with Crippen molar-refractivity contribution in [1.29, 1.82) is 0 Å². The lowest BCUT2D eigenvalue weighted by atomic mass is 9.81. The number of hydrogen-bond acceptors (Lipinski definition) is 7. The first-order valence-corrected chi connectivity index (χ1v) is 12.5. The van der Waals surface area contributed by atoms with Gasteiger partial charge in [0.1, 0.15) is 6.33 Å². The Kier molecular flexibility index (Phi) is 6.44. The summed E-state index contributed by atoms with van der Waals surface area (Å²) in [4.78, 5) is 13.9. The Hall–Kier alpha value is -3.07. The van der Waals surface area contributed by atoms with Crippen LogP contribution in [-0.2, 0) is 13.6 Å². The van der Waals surface area contributed by atoms with E-state index in [0.29, 0.717) is 6.54 Å². The average Bonchev–Trinajstić information content (AvgIpc) is 3.25. The van der Waals surface area contributed by atoms with Crippen LogP contribution < -0.4 is 11.1 Å². The molecule has 2 unspecified atom stereocenters. The van der Waals surface area contributed by atoms with Crippen LogP contribution in [0.1, 0.15) is 26.0 Å². The first kappa shape index (κ1) is 23.7. The van der Waals surface area contributed by atoms with Crippen LogP contribution >= 0.6 is 0 Å². The van der Waals surface area contributed by atoms with Crippen LogP contribution in [0.5, 0.6) is 0 Å². The van der Waals surface area contributed by atoms with Gasteiger partial charge in [0, 0.05) is 55.9 Å². The van der Waals surface area contributed by atoms with Crippen molar-refractivity contribution in [3.05, 3.63) is 65.9 Å². The van der Waals surface area contributed by atoms with Crippen molar-refractivity contribution < 1.29 is 0 Å². The predicted octanol–water partition coefficient (Wildman–Crippen LogP) is 2.69. The van der Waals surface area contributed by atoms with Crippen molar-refractivity contribution in [3.63, 3.8) is 0 Å². The smallest absolute Gasteiger partial charge is 0.116 e. The van der Waals surface area contributed by atoms with Gasteiger partial charge in [-0.25, -0.2) is 9.97 Å². The Morgan fingerprint density at radius 2 is 1.91 bits per heavy atom. The summed E-state index contributed by atoms with van der Waals surface area (Å²) in [5, 5.41) is 9.05. The van der Waals surface area contributed by atoms with Crippen molar-refractivity contribution in [2.45, 2.75) is 38.4 Å². The largest absolute Gasteiger partial charge is 0.379 e. The number of nitrogens with one attached hydrogen (secondary N) is 1. The number of piperazine rings is 1. The van der Waals surface area contributed by atoms with E-state index in [1.54, 1.807) is 6.33 Å². The van der Waals surface area contributed by atoms with Gasteiger partial charge in [0.05, 0.1) is 35.2 Å². The lowest BCUT2D eigenvalue weighted by Gasteiger charge is -2.48. The number of nitrogens with two attached hydrogens (primary N) is 1. The molecule has 35 heavy (non-hydrogen) atoms. The predicted molar refractivity (Wildman–Crippen MR) is 140 cm³/mol. The molecule has 1 saturated heterocycles. The van der Waals surface area contributed by atoms with E-state index >= 15 is 0 Å². The lowest BCUT2D eigenvalue weighted by Crippen LogP contribution is -2.62. The zero-order valence-electron chi connectivity index (χ0n) is 21.2. The molecule has 184 valence electrons. The van der Waals surface area contributed by atoms with Crippen molar-refractivity contribution in [2.75, 3.05) is 33.2 Å². The SMILES string of the molecule is CCC1=CC(C)(N2CCN(C)CC2)C(N)C=C1NCc1cc(-c2ccc3c(cnn3C)c2)ncn1. The molecule has 8 heteroatoms. The molecule has 0 bridgehead atoms.